The average molecular weight is 242 g/mol. The molecule has 16 heavy (non-hydrogen) atoms. The highest BCUT2D eigenvalue weighted by atomic mass is 32.2. The van der Waals surface area contributed by atoms with Crippen molar-refractivity contribution in [2.45, 2.75) is 19.1 Å². The Hall–Kier alpha value is -0.810. The maximum atomic E-state index is 13.0. The standard InChI is InChI=1S/C11H15FN2OS/c1-14(10-2-3-16-7-10)11-8(6-15)4-9(12)5-13-11/h4-5,10,15H,2-3,6-7H2,1H3. The molecule has 1 aromatic heterocycles. The molecule has 2 rings (SSSR count). The smallest absolute Gasteiger partial charge is 0.142 e. The molecular weight excluding hydrogens is 227 g/mol. The SMILES string of the molecule is CN(c1ncc(F)cc1CO)C1CCSC1. The van der Waals surface area contributed by atoms with Crippen LogP contribution in [0.1, 0.15) is 12.0 Å². The van der Waals surface area contributed by atoms with E-state index in [1.165, 1.54) is 12.3 Å². The van der Waals surface area contributed by atoms with E-state index >= 15 is 0 Å². The highest BCUT2D eigenvalue weighted by Crippen LogP contribution is 2.27. The molecule has 1 unspecified atom stereocenters. The topological polar surface area (TPSA) is 36.4 Å². The number of nitrogens with zero attached hydrogens (tertiary/aromatic N) is 2. The zero-order chi connectivity index (χ0) is 11.5. The fraction of sp³-hybridized carbons (Fsp3) is 0.545. The molecular formula is C11H15FN2OS. The summed E-state index contributed by atoms with van der Waals surface area (Å²) in [7, 11) is 1.95. The van der Waals surface area contributed by atoms with E-state index in [1.54, 1.807) is 0 Å². The third kappa shape index (κ3) is 2.30. The van der Waals surface area contributed by atoms with Gasteiger partial charge in [-0.1, -0.05) is 0 Å². The van der Waals surface area contributed by atoms with Crippen LogP contribution in [0.25, 0.3) is 0 Å². The van der Waals surface area contributed by atoms with Crippen LogP contribution in [0.3, 0.4) is 0 Å². The van der Waals surface area contributed by atoms with Crippen LogP contribution in [-0.2, 0) is 6.61 Å². The molecule has 1 aliphatic rings. The Balaban J connectivity index is 2.24. The Kier molecular flexibility index (Phi) is 3.66. The van der Waals surface area contributed by atoms with E-state index in [1.807, 2.05) is 23.7 Å². The second-order valence-corrected chi connectivity index (χ2v) is 5.07. The quantitative estimate of drug-likeness (QED) is 0.874. The van der Waals surface area contributed by atoms with Gasteiger partial charge in [0.15, 0.2) is 0 Å². The minimum atomic E-state index is -0.401. The summed E-state index contributed by atoms with van der Waals surface area (Å²) in [5, 5.41) is 9.20. The molecule has 0 aromatic carbocycles. The lowest BCUT2D eigenvalue weighted by Crippen LogP contribution is -2.32. The first-order valence-electron chi connectivity index (χ1n) is 5.28. The number of halogens is 1. The van der Waals surface area contributed by atoms with Crippen LogP contribution in [0.4, 0.5) is 10.2 Å². The van der Waals surface area contributed by atoms with Gasteiger partial charge in [-0.3, -0.25) is 0 Å². The number of aliphatic hydroxyl groups excluding tert-OH is 1. The summed E-state index contributed by atoms with van der Waals surface area (Å²) in [5.74, 6) is 2.52. The summed E-state index contributed by atoms with van der Waals surface area (Å²) in [5.41, 5.74) is 0.555. The summed E-state index contributed by atoms with van der Waals surface area (Å²) in [6.45, 7) is -0.176. The first-order valence-corrected chi connectivity index (χ1v) is 6.43. The van der Waals surface area contributed by atoms with Gasteiger partial charge in [-0.05, 0) is 18.2 Å². The van der Waals surface area contributed by atoms with Crippen LogP contribution < -0.4 is 4.90 Å². The highest BCUT2D eigenvalue weighted by Gasteiger charge is 2.22. The molecule has 0 saturated carbocycles. The first kappa shape index (κ1) is 11.7. The molecule has 1 saturated heterocycles. The van der Waals surface area contributed by atoms with Crippen molar-refractivity contribution < 1.29 is 9.50 Å². The number of hydrogen-bond donors (Lipinski definition) is 1. The van der Waals surface area contributed by atoms with Crippen molar-refractivity contribution in [3.63, 3.8) is 0 Å². The first-order chi connectivity index (χ1) is 7.72. The van der Waals surface area contributed by atoms with E-state index in [0.29, 0.717) is 17.4 Å². The van der Waals surface area contributed by atoms with E-state index in [0.717, 1.165) is 17.9 Å². The predicted molar refractivity (Wildman–Crippen MR) is 64.3 cm³/mol. The predicted octanol–water partition coefficient (Wildman–Crippen LogP) is 1.65. The van der Waals surface area contributed by atoms with Crippen molar-refractivity contribution in [1.82, 2.24) is 4.98 Å². The number of rotatable bonds is 3. The molecule has 88 valence electrons. The zero-order valence-electron chi connectivity index (χ0n) is 9.19. The van der Waals surface area contributed by atoms with Gasteiger partial charge >= 0.3 is 0 Å². The van der Waals surface area contributed by atoms with Crippen molar-refractivity contribution in [1.29, 1.82) is 0 Å². The van der Waals surface area contributed by atoms with Crippen molar-refractivity contribution >= 4 is 17.6 Å². The van der Waals surface area contributed by atoms with Crippen LogP contribution in [0.15, 0.2) is 12.3 Å². The van der Waals surface area contributed by atoms with Gasteiger partial charge in [-0.25, -0.2) is 9.37 Å². The molecule has 0 spiro atoms. The monoisotopic (exact) mass is 242 g/mol. The summed E-state index contributed by atoms with van der Waals surface area (Å²) < 4.78 is 13.0. The lowest BCUT2D eigenvalue weighted by atomic mass is 10.2. The number of anilines is 1. The summed E-state index contributed by atoms with van der Waals surface area (Å²) >= 11 is 1.92. The molecule has 1 aromatic rings. The number of hydrogen-bond acceptors (Lipinski definition) is 4. The van der Waals surface area contributed by atoms with Gasteiger partial charge in [-0.15, -0.1) is 0 Å². The minimum Gasteiger partial charge on any atom is -0.392 e. The van der Waals surface area contributed by atoms with Crippen molar-refractivity contribution in [3.05, 3.63) is 23.6 Å². The minimum absolute atomic E-state index is 0.176. The maximum Gasteiger partial charge on any atom is 0.142 e. The van der Waals surface area contributed by atoms with E-state index in [4.69, 9.17) is 0 Å². The lowest BCUT2D eigenvalue weighted by molar-refractivity contribution is 0.281. The normalized spacial score (nSPS) is 20.1. The van der Waals surface area contributed by atoms with Crippen molar-refractivity contribution in [2.24, 2.45) is 0 Å². The van der Waals surface area contributed by atoms with Crippen LogP contribution in [0, 0.1) is 5.82 Å². The molecule has 1 atom stereocenters. The maximum absolute atomic E-state index is 13.0. The molecule has 0 radical (unpaired) electrons. The van der Waals surface area contributed by atoms with E-state index in [-0.39, 0.29) is 6.61 Å². The van der Waals surface area contributed by atoms with E-state index in [2.05, 4.69) is 4.98 Å². The number of aliphatic hydroxyl groups is 1. The lowest BCUT2D eigenvalue weighted by Gasteiger charge is -2.26. The highest BCUT2D eigenvalue weighted by molar-refractivity contribution is 7.99. The molecule has 1 N–H and O–H groups in total. The Morgan fingerprint density at radius 3 is 3.12 bits per heavy atom. The van der Waals surface area contributed by atoms with E-state index in [9.17, 15) is 9.50 Å². The molecule has 0 aliphatic carbocycles. The Morgan fingerprint density at radius 2 is 2.50 bits per heavy atom. The third-order valence-electron chi connectivity index (χ3n) is 2.87. The number of thioether (sulfide) groups is 1. The van der Waals surface area contributed by atoms with Gasteiger partial charge in [0.25, 0.3) is 0 Å². The van der Waals surface area contributed by atoms with Crippen LogP contribution in [0.2, 0.25) is 0 Å². The third-order valence-corrected chi connectivity index (χ3v) is 4.01. The van der Waals surface area contributed by atoms with Gasteiger partial charge < -0.3 is 10.0 Å². The van der Waals surface area contributed by atoms with E-state index < -0.39 is 5.82 Å². The van der Waals surface area contributed by atoms with Gasteiger partial charge in [0.2, 0.25) is 0 Å². The van der Waals surface area contributed by atoms with Gasteiger partial charge in [0, 0.05) is 24.4 Å². The molecule has 5 heteroatoms. The van der Waals surface area contributed by atoms with Gasteiger partial charge in [0.1, 0.15) is 11.6 Å². The molecule has 0 amide bonds. The van der Waals surface area contributed by atoms with Crippen LogP contribution in [0.5, 0.6) is 0 Å². The summed E-state index contributed by atoms with van der Waals surface area (Å²) in [4.78, 5) is 6.12. The van der Waals surface area contributed by atoms with Crippen LogP contribution >= 0.6 is 11.8 Å². The fourth-order valence-electron chi connectivity index (χ4n) is 1.91. The largest absolute Gasteiger partial charge is 0.392 e. The summed E-state index contributed by atoms with van der Waals surface area (Å²) in [6, 6.07) is 1.79. The molecule has 1 aliphatic heterocycles. The molecule has 3 nitrogen and oxygen atoms in total. The average Bonchev–Trinajstić information content (AvgIpc) is 2.81. The van der Waals surface area contributed by atoms with Crippen molar-refractivity contribution in [3.8, 4) is 0 Å². The number of pyridine rings is 1. The fourth-order valence-corrected chi connectivity index (χ4v) is 3.18. The van der Waals surface area contributed by atoms with Gasteiger partial charge in [-0.2, -0.15) is 11.8 Å². The molecule has 2 heterocycles. The second kappa shape index (κ2) is 5.01. The Labute approximate surface area is 98.7 Å². The molecule has 1 fully saturated rings. The van der Waals surface area contributed by atoms with Crippen molar-refractivity contribution in [2.75, 3.05) is 23.5 Å². The van der Waals surface area contributed by atoms with Gasteiger partial charge in [0.05, 0.1) is 12.8 Å². The molecule has 0 bridgehead atoms. The Bertz CT molecular complexity index is 369. The zero-order valence-corrected chi connectivity index (χ0v) is 10.0. The summed E-state index contributed by atoms with van der Waals surface area (Å²) in [6.07, 6.45) is 2.32. The second-order valence-electron chi connectivity index (χ2n) is 3.92. The van der Waals surface area contributed by atoms with Crippen LogP contribution in [-0.4, -0.2) is 34.7 Å². The Morgan fingerprint density at radius 1 is 1.69 bits per heavy atom. The number of aromatic nitrogens is 1.